The molecule has 4 heteroatoms. The summed E-state index contributed by atoms with van der Waals surface area (Å²) in [7, 11) is 3.54. The van der Waals surface area contributed by atoms with E-state index in [0.717, 1.165) is 30.9 Å². The Kier molecular flexibility index (Phi) is 4.80. The smallest absolute Gasteiger partial charge is 0.253 e. The Hall–Kier alpha value is -1.55. The van der Waals surface area contributed by atoms with Crippen LogP contribution in [0.25, 0.3) is 0 Å². The highest BCUT2D eigenvalue weighted by molar-refractivity contribution is 5.94. The fourth-order valence-corrected chi connectivity index (χ4v) is 2.35. The summed E-state index contributed by atoms with van der Waals surface area (Å²) >= 11 is 0. The second-order valence-electron chi connectivity index (χ2n) is 5.37. The van der Waals surface area contributed by atoms with Gasteiger partial charge in [0.2, 0.25) is 0 Å². The summed E-state index contributed by atoms with van der Waals surface area (Å²) < 4.78 is 0. The van der Waals surface area contributed by atoms with Gasteiger partial charge in [-0.1, -0.05) is 0 Å². The molecule has 1 aromatic rings. The molecule has 1 atom stereocenters. The van der Waals surface area contributed by atoms with Gasteiger partial charge >= 0.3 is 0 Å². The number of piperidine rings is 1. The van der Waals surface area contributed by atoms with Gasteiger partial charge in [0.25, 0.3) is 5.91 Å². The predicted molar refractivity (Wildman–Crippen MR) is 78.5 cm³/mol. The van der Waals surface area contributed by atoms with Crippen LogP contribution in [-0.4, -0.2) is 44.5 Å². The average Bonchev–Trinajstić information content (AvgIpc) is 2.46. The molecule has 0 spiro atoms. The van der Waals surface area contributed by atoms with E-state index < -0.39 is 0 Å². The molecule has 1 fully saturated rings. The van der Waals surface area contributed by atoms with Crippen LogP contribution in [0.4, 0.5) is 5.69 Å². The van der Waals surface area contributed by atoms with Crippen molar-refractivity contribution in [2.24, 2.45) is 5.92 Å². The number of benzene rings is 1. The topological polar surface area (TPSA) is 44.4 Å². The monoisotopic (exact) mass is 261 g/mol. The molecule has 1 unspecified atom stereocenters. The lowest BCUT2D eigenvalue weighted by atomic mass is 10.00. The van der Waals surface area contributed by atoms with E-state index in [-0.39, 0.29) is 5.91 Å². The van der Waals surface area contributed by atoms with Crippen LogP contribution in [0, 0.1) is 5.92 Å². The van der Waals surface area contributed by atoms with Crippen LogP contribution in [0.1, 0.15) is 23.2 Å². The standard InChI is InChI=1S/C15H23N3O/c1-18(2)15(19)13-5-7-14(8-6-13)17-11-12-4-3-9-16-10-12/h5-8,12,16-17H,3-4,9-11H2,1-2H3. The van der Waals surface area contributed by atoms with Gasteiger partial charge in [0.15, 0.2) is 0 Å². The van der Waals surface area contributed by atoms with Crippen LogP contribution < -0.4 is 10.6 Å². The first kappa shape index (κ1) is 13.9. The lowest BCUT2D eigenvalue weighted by molar-refractivity contribution is 0.0827. The van der Waals surface area contributed by atoms with Crippen LogP contribution in [0.3, 0.4) is 0 Å². The molecule has 4 nitrogen and oxygen atoms in total. The molecule has 19 heavy (non-hydrogen) atoms. The van der Waals surface area contributed by atoms with Crippen molar-refractivity contribution < 1.29 is 4.79 Å². The first-order valence-corrected chi connectivity index (χ1v) is 6.93. The zero-order valence-electron chi connectivity index (χ0n) is 11.8. The van der Waals surface area contributed by atoms with Crippen LogP contribution in [0.5, 0.6) is 0 Å². The number of rotatable bonds is 4. The van der Waals surface area contributed by atoms with E-state index in [1.54, 1.807) is 19.0 Å². The van der Waals surface area contributed by atoms with E-state index in [1.807, 2.05) is 24.3 Å². The van der Waals surface area contributed by atoms with Crippen LogP contribution >= 0.6 is 0 Å². The lowest BCUT2D eigenvalue weighted by Crippen LogP contribution is -2.33. The summed E-state index contributed by atoms with van der Waals surface area (Å²) in [5, 5.41) is 6.86. The lowest BCUT2D eigenvalue weighted by Gasteiger charge is -2.23. The summed E-state index contributed by atoms with van der Waals surface area (Å²) in [6.45, 7) is 3.25. The highest BCUT2D eigenvalue weighted by Gasteiger charge is 2.12. The highest BCUT2D eigenvalue weighted by atomic mass is 16.2. The van der Waals surface area contributed by atoms with Gasteiger partial charge in [-0.25, -0.2) is 0 Å². The second kappa shape index (κ2) is 6.57. The van der Waals surface area contributed by atoms with Crippen molar-refractivity contribution in [3.05, 3.63) is 29.8 Å². The normalized spacial score (nSPS) is 18.9. The molecule has 1 saturated heterocycles. The van der Waals surface area contributed by atoms with Crippen molar-refractivity contribution in [1.82, 2.24) is 10.2 Å². The molecule has 1 aliphatic heterocycles. The summed E-state index contributed by atoms with van der Waals surface area (Å²) in [6.07, 6.45) is 2.56. The fourth-order valence-electron chi connectivity index (χ4n) is 2.35. The number of carbonyl (C=O) groups excluding carboxylic acids is 1. The first-order valence-electron chi connectivity index (χ1n) is 6.93. The van der Waals surface area contributed by atoms with Crippen molar-refractivity contribution in [1.29, 1.82) is 0 Å². The minimum Gasteiger partial charge on any atom is -0.385 e. The maximum Gasteiger partial charge on any atom is 0.253 e. The molecule has 1 aromatic carbocycles. The Morgan fingerprint density at radius 1 is 1.37 bits per heavy atom. The Labute approximate surface area is 115 Å². The molecule has 1 heterocycles. The summed E-state index contributed by atoms with van der Waals surface area (Å²) in [6, 6.07) is 7.72. The number of nitrogens with one attached hydrogen (secondary N) is 2. The number of hydrogen-bond donors (Lipinski definition) is 2. The van der Waals surface area contributed by atoms with Crippen LogP contribution in [0.15, 0.2) is 24.3 Å². The maximum absolute atomic E-state index is 11.8. The highest BCUT2D eigenvalue weighted by Crippen LogP contribution is 2.14. The Bertz CT molecular complexity index is 408. The molecule has 1 aliphatic rings. The molecule has 2 N–H and O–H groups in total. The summed E-state index contributed by atoms with van der Waals surface area (Å²) in [5.74, 6) is 0.750. The fraction of sp³-hybridized carbons (Fsp3) is 0.533. The minimum atomic E-state index is 0.0445. The van der Waals surface area contributed by atoms with E-state index in [2.05, 4.69) is 10.6 Å². The number of anilines is 1. The van der Waals surface area contributed by atoms with Crippen molar-refractivity contribution in [3.8, 4) is 0 Å². The molecule has 0 saturated carbocycles. The number of amides is 1. The van der Waals surface area contributed by atoms with Gasteiger partial charge in [-0.2, -0.15) is 0 Å². The van der Waals surface area contributed by atoms with Gasteiger partial charge in [0.05, 0.1) is 0 Å². The second-order valence-corrected chi connectivity index (χ2v) is 5.37. The molecule has 0 bridgehead atoms. The Balaban J connectivity index is 1.86. The van der Waals surface area contributed by atoms with Crippen molar-refractivity contribution in [3.63, 3.8) is 0 Å². The van der Waals surface area contributed by atoms with Crippen molar-refractivity contribution in [2.75, 3.05) is 39.0 Å². The van der Waals surface area contributed by atoms with Gasteiger partial charge in [0.1, 0.15) is 0 Å². The molecule has 1 amide bonds. The van der Waals surface area contributed by atoms with E-state index >= 15 is 0 Å². The molecule has 2 rings (SSSR count). The number of nitrogens with zero attached hydrogens (tertiary/aromatic N) is 1. The van der Waals surface area contributed by atoms with E-state index in [9.17, 15) is 4.79 Å². The third-order valence-corrected chi connectivity index (χ3v) is 3.53. The van der Waals surface area contributed by atoms with Crippen LogP contribution in [-0.2, 0) is 0 Å². The largest absolute Gasteiger partial charge is 0.385 e. The van der Waals surface area contributed by atoms with E-state index in [4.69, 9.17) is 0 Å². The van der Waals surface area contributed by atoms with Crippen molar-refractivity contribution in [2.45, 2.75) is 12.8 Å². The average molecular weight is 261 g/mol. The van der Waals surface area contributed by atoms with Gasteiger partial charge < -0.3 is 15.5 Å². The SMILES string of the molecule is CN(C)C(=O)c1ccc(NCC2CCCNC2)cc1. The molecule has 0 aliphatic carbocycles. The number of carbonyl (C=O) groups is 1. The summed E-state index contributed by atoms with van der Waals surface area (Å²) in [4.78, 5) is 13.4. The summed E-state index contributed by atoms with van der Waals surface area (Å²) in [5.41, 5.74) is 1.82. The Morgan fingerprint density at radius 2 is 2.11 bits per heavy atom. The van der Waals surface area contributed by atoms with Gasteiger partial charge in [-0.15, -0.1) is 0 Å². The molecule has 0 aromatic heterocycles. The predicted octanol–water partition coefficient (Wildman–Crippen LogP) is 1.80. The molecular weight excluding hydrogens is 238 g/mol. The van der Waals surface area contributed by atoms with Gasteiger partial charge in [-0.3, -0.25) is 4.79 Å². The first-order chi connectivity index (χ1) is 9.16. The molecule has 104 valence electrons. The quantitative estimate of drug-likeness (QED) is 0.868. The molecule has 0 radical (unpaired) electrons. The van der Waals surface area contributed by atoms with E-state index in [1.165, 1.54) is 12.8 Å². The third-order valence-electron chi connectivity index (χ3n) is 3.53. The van der Waals surface area contributed by atoms with Crippen molar-refractivity contribution >= 4 is 11.6 Å². The van der Waals surface area contributed by atoms with Crippen LogP contribution in [0.2, 0.25) is 0 Å². The van der Waals surface area contributed by atoms with Gasteiger partial charge in [-0.05, 0) is 56.1 Å². The molecular formula is C15H23N3O. The third kappa shape index (κ3) is 3.96. The van der Waals surface area contributed by atoms with Gasteiger partial charge in [0, 0.05) is 31.9 Å². The zero-order valence-corrected chi connectivity index (χ0v) is 11.8. The van der Waals surface area contributed by atoms with E-state index in [0.29, 0.717) is 5.92 Å². The number of hydrogen-bond acceptors (Lipinski definition) is 3. The minimum absolute atomic E-state index is 0.0445. The maximum atomic E-state index is 11.8. The Morgan fingerprint density at radius 3 is 2.68 bits per heavy atom. The zero-order chi connectivity index (χ0) is 13.7.